The molecule has 6 nitrogen and oxygen atoms in total. The van der Waals surface area contributed by atoms with E-state index >= 15 is 0 Å². The van der Waals surface area contributed by atoms with Gasteiger partial charge in [-0.05, 0) is 67.6 Å². The van der Waals surface area contributed by atoms with Crippen LogP contribution in [0.25, 0.3) is 27.5 Å². The average Bonchev–Trinajstić information content (AvgIpc) is 3.35. The van der Waals surface area contributed by atoms with Gasteiger partial charge in [0.25, 0.3) is 0 Å². The lowest BCUT2D eigenvalue weighted by molar-refractivity contribution is -0.136. The summed E-state index contributed by atoms with van der Waals surface area (Å²) >= 11 is 0. The summed E-state index contributed by atoms with van der Waals surface area (Å²) in [7, 11) is 0. The zero-order valence-electron chi connectivity index (χ0n) is 17.3. The third-order valence-electron chi connectivity index (χ3n) is 6.27. The first-order chi connectivity index (χ1) is 15.0. The monoisotopic (exact) mass is 421 g/mol. The zero-order valence-corrected chi connectivity index (χ0v) is 17.3. The number of carboxylic acid groups (broad SMARTS) is 1. The van der Waals surface area contributed by atoms with Crippen molar-refractivity contribution in [2.45, 2.75) is 38.5 Å². The highest BCUT2D eigenvalue weighted by atomic mass is 19.1. The number of H-pyrrole nitrogens is 1. The van der Waals surface area contributed by atoms with Gasteiger partial charge in [-0.15, -0.1) is 0 Å². The van der Waals surface area contributed by atoms with Crippen molar-refractivity contribution in [3.8, 4) is 5.69 Å². The molecule has 4 aromatic rings. The number of hydrogen-bond acceptors (Lipinski definition) is 3. The average molecular weight is 421 g/mol. The minimum absolute atomic E-state index is 0.0544. The first-order valence-corrected chi connectivity index (χ1v) is 10.6. The van der Waals surface area contributed by atoms with Gasteiger partial charge >= 0.3 is 5.97 Å². The van der Waals surface area contributed by atoms with Crippen LogP contribution in [-0.2, 0) is 16.0 Å². The second kappa shape index (κ2) is 7.81. The van der Waals surface area contributed by atoms with E-state index in [0.717, 1.165) is 51.6 Å². The van der Waals surface area contributed by atoms with Crippen LogP contribution in [0.15, 0.2) is 36.5 Å². The number of nitrogens with zero attached hydrogens (tertiary/aromatic N) is 2. The number of aromatic amines is 1. The molecule has 7 heteroatoms. The third kappa shape index (κ3) is 3.49. The maximum absolute atomic E-state index is 14.1. The van der Waals surface area contributed by atoms with E-state index in [2.05, 4.69) is 26.9 Å². The molecule has 160 valence electrons. The van der Waals surface area contributed by atoms with Crippen LogP contribution in [0, 0.1) is 12.7 Å². The van der Waals surface area contributed by atoms with Crippen LogP contribution in [0.1, 0.15) is 42.0 Å². The molecule has 0 spiro atoms. The number of rotatable bonds is 5. The molecule has 0 aliphatic carbocycles. The van der Waals surface area contributed by atoms with Crippen molar-refractivity contribution in [3.63, 3.8) is 0 Å². The van der Waals surface area contributed by atoms with E-state index in [9.17, 15) is 14.3 Å². The lowest BCUT2D eigenvalue weighted by Gasteiger charge is -2.26. The predicted molar refractivity (Wildman–Crippen MR) is 116 cm³/mol. The van der Waals surface area contributed by atoms with Crippen LogP contribution in [0.2, 0.25) is 0 Å². The number of halogens is 1. The Labute approximate surface area is 178 Å². The lowest BCUT2D eigenvalue weighted by Crippen LogP contribution is -2.18. The van der Waals surface area contributed by atoms with Gasteiger partial charge in [0.05, 0.1) is 17.2 Å². The Balaban J connectivity index is 1.83. The number of fused-ring (bicyclic) bond motifs is 2. The fraction of sp³-hybridized carbons (Fsp3) is 0.333. The van der Waals surface area contributed by atoms with Crippen molar-refractivity contribution >= 4 is 27.8 Å². The van der Waals surface area contributed by atoms with E-state index in [1.54, 1.807) is 19.2 Å². The van der Waals surface area contributed by atoms with Gasteiger partial charge < -0.3 is 14.4 Å². The molecule has 1 saturated heterocycles. The van der Waals surface area contributed by atoms with Crippen LogP contribution in [-0.4, -0.2) is 39.1 Å². The fourth-order valence-electron chi connectivity index (χ4n) is 4.75. The van der Waals surface area contributed by atoms with Gasteiger partial charge in [0.1, 0.15) is 5.82 Å². The molecule has 1 fully saturated rings. The van der Waals surface area contributed by atoms with Crippen LogP contribution in [0.3, 0.4) is 0 Å². The number of hydrogen-bond donors (Lipinski definition) is 2. The molecule has 31 heavy (non-hydrogen) atoms. The van der Waals surface area contributed by atoms with Crippen molar-refractivity contribution in [1.29, 1.82) is 0 Å². The van der Waals surface area contributed by atoms with Crippen LogP contribution >= 0.6 is 0 Å². The van der Waals surface area contributed by atoms with E-state index < -0.39 is 5.97 Å². The Morgan fingerprint density at radius 2 is 2.10 bits per heavy atom. The Hall–Kier alpha value is -3.19. The molecule has 1 aliphatic rings. The second-order valence-corrected chi connectivity index (χ2v) is 8.24. The number of carboxylic acids is 1. The molecule has 0 bridgehead atoms. The number of aromatic nitrogens is 3. The third-order valence-corrected chi connectivity index (χ3v) is 6.27. The quantitative estimate of drug-likeness (QED) is 0.482. The van der Waals surface area contributed by atoms with Gasteiger partial charge in [0, 0.05) is 47.7 Å². The molecule has 2 aromatic carbocycles. The van der Waals surface area contributed by atoms with E-state index in [4.69, 9.17) is 4.74 Å². The lowest BCUT2D eigenvalue weighted by atomic mass is 9.91. The maximum Gasteiger partial charge on any atom is 0.303 e. The molecule has 0 saturated carbocycles. The normalized spacial score (nSPS) is 15.2. The molecule has 0 amide bonds. The minimum atomic E-state index is -0.820. The first kappa shape index (κ1) is 19.8. The number of aliphatic carboxylic acids is 1. The number of benzene rings is 2. The van der Waals surface area contributed by atoms with Gasteiger partial charge in [-0.1, -0.05) is 0 Å². The summed E-state index contributed by atoms with van der Waals surface area (Å²) in [4.78, 5) is 11.4. The number of aryl methyl sites for hydroxylation is 2. The molecule has 3 heterocycles. The van der Waals surface area contributed by atoms with Gasteiger partial charge in [0.15, 0.2) is 0 Å². The first-order valence-electron chi connectivity index (χ1n) is 10.6. The summed E-state index contributed by atoms with van der Waals surface area (Å²) in [6, 6.07) is 9.30. The van der Waals surface area contributed by atoms with Crippen molar-refractivity contribution in [2.24, 2.45) is 0 Å². The summed E-state index contributed by atoms with van der Waals surface area (Å²) in [5, 5.41) is 18.6. The SMILES string of the molecule is Cc1cc(-n2c(C3CCOCC3)c(CCC(=O)O)c3cc4[nH]ncc4cc32)ccc1F. The summed E-state index contributed by atoms with van der Waals surface area (Å²) in [5.41, 5.74) is 5.52. The summed E-state index contributed by atoms with van der Waals surface area (Å²) in [5.74, 6) is -0.818. The fourth-order valence-corrected chi connectivity index (χ4v) is 4.75. The Morgan fingerprint density at radius 1 is 1.29 bits per heavy atom. The van der Waals surface area contributed by atoms with Crippen molar-refractivity contribution in [1.82, 2.24) is 14.8 Å². The predicted octanol–water partition coefficient (Wildman–Crippen LogP) is 4.87. The minimum Gasteiger partial charge on any atom is -0.481 e. The molecule has 2 aromatic heterocycles. The van der Waals surface area contributed by atoms with Crippen molar-refractivity contribution in [3.05, 3.63) is 59.2 Å². The number of nitrogens with one attached hydrogen (secondary N) is 1. The topological polar surface area (TPSA) is 80.1 Å². The van der Waals surface area contributed by atoms with Crippen molar-refractivity contribution in [2.75, 3.05) is 13.2 Å². The Morgan fingerprint density at radius 3 is 2.84 bits per heavy atom. The van der Waals surface area contributed by atoms with E-state index in [1.165, 1.54) is 6.07 Å². The van der Waals surface area contributed by atoms with E-state index in [0.29, 0.717) is 25.2 Å². The van der Waals surface area contributed by atoms with Gasteiger partial charge in [-0.25, -0.2) is 4.39 Å². The molecule has 1 aliphatic heterocycles. The molecule has 5 rings (SSSR count). The Bertz CT molecular complexity index is 1280. The molecular formula is C24H24FN3O3. The number of carbonyl (C=O) groups is 1. The highest BCUT2D eigenvalue weighted by molar-refractivity contribution is 5.98. The Kier molecular flexibility index (Phi) is 4.98. The smallest absolute Gasteiger partial charge is 0.303 e. The summed E-state index contributed by atoms with van der Waals surface area (Å²) < 4.78 is 21.9. The standard InChI is InChI=1S/C24H24FN3O3/c1-14-10-17(2-4-20(14)25)28-22-11-16-13-26-27-21(16)12-19(22)18(3-5-23(29)30)24(28)15-6-8-31-9-7-15/h2,4,10-13,15H,3,5-9H2,1H3,(H,26,27)(H,29,30). The van der Waals surface area contributed by atoms with E-state index in [-0.39, 0.29) is 18.2 Å². The summed E-state index contributed by atoms with van der Waals surface area (Å²) in [6.07, 6.45) is 4.02. The van der Waals surface area contributed by atoms with Crippen LogP contribution in [0.4, 0.5) is 4.39 Å². The van der Waals surface area contributed by atoms with E-state index in [1.807, 2.05) is 6.07 Å². The second-order valence-electron chi connectivity index (χ2n) is 8.24. The number of ether oxygens (including phenoxy) is 1. The molecule has 0 atom stereocenters. The molecule has 0 unspecified atom stereocenters. The maximum atomic E-state index is 14.1. The molecular weight excluding hydrogens is 397 g/mol. The summed E-state index contributed by atoms with van der Waals surface area (Å²) in [6.45, 7) is 3.12. The van der Waals surface area contributed by atoms with Gasteiger partial charge in [-0.2, -0.15) is 5.10 Å². The molecule has 0 radical (unpaired) electrons. The van der Waals surface area contributed by atoms with Gasteiger partial charge in [-0.3, -0.25) is 9.89 Å². The van der Waals surface area contributed by atoms with Crippen LogP contribution in [0.5, 0.6) is 0 Å². The largest absolute Gasteiger partial charge is 0.481 e. The molecule has 2 N–H and O–H groups in total. The van der Waals surface area contributed by atoms with Crippen molar-refractivity contribution < 1.29 is 19.0 Å². The highest BCUT2D eigenvalue weighted by Gasteiger charge is 2.27. The highest BCUT2D eigenvalue weighted by Crippen LogP contribution is 2.40. The van der Waals surface area contributed by atoms with Crippen LogP contribution < -0.4 is 0 Å². The zero-order chi connectivity index (χ0) is 21.5. The van der Waals surface area contributed by atoms with Gasteiger partial charge in [0.2, 0.25) is 0 Å².